The van der Waals surface area contributed by atoms with Gasteiger partial charge in [-0.05, 0) is 17.6 Å². The van der Waals surface area contributed by atoms with Gasteiger partial charge in [0.05, 0.1) is 0 Å². The minimum absolute atomic E-state index is 1.05. The fraction of sp³-hybridized carbons (Fsp3) is 0.375. The molecule has 0 spiro atoms. The molecule has 0 atom stereocenters. The highest BCUT2D eigenvalue weighted by atomic mass is 14.6. The molecular formula is C8H11BN. The predicted molar refractivity (Wildman–Crippen MR) is 44.9 cm³/mol. The van der Waals surface area contributed by atoms with Crippen LogP contribution in [0.2, 0.25) is 6.82 Å². The van der Waals surface area contributed by atoms with Gasteiger partial charge < -0.3 is 0 Å². The molecule has 0 fully saturated rings. The van der Waals surface area contributed by atoms with E-state index in [0.717, 1.165) is 12.0 Å². The van der Waals surface area contributed by atoms with E-state index in [0.29, 0.717) is 0 Å². The third kappa shape index (κ3) is 1.60. The molecular weight excluding hydrogens is 121 g/mol. The Balaban J connectivity index is 2.80. The Morgan fingerprint density at radius 1 is 1.50 bits per heavy atom. The van der Waals surface area contributed by atoms with Crippen LogP contribution >= 0.6 is 0 Å². The van der Waals surface area contributed by atoms with Crippen molar-refractivity contribution in [2.24, 2.45) is 0 Å². The summed E-state index contributed by atoms with van der Waals surface area (Å²) >= 11 is 0. The average molecular weight is 132 g/mol. The Hall–Kier alpha value is -0.785. The molecule has 1 aromatic rings. The van der Waals surface area contributed by atoms with E-state index in [9.17, 15) is 0 Å². The summed E-state index contributed by atoms with van der Waals surface area (Å²) in [5, 5.41) is 0. The van der Waals surface area contributed by atoms with Crippen LogP contribution in [0.1, 0.15) is 12.5 Å². The SMILES string of the molecule is C[B]c1ccc(CC)cn1. The summed E-state index contributed by atoms with van der Waals surface area (Å²) in [5.41, 5.74) is 2.35. The van der Waals surface area contributed by atoms with E-state index in [4.69, 9.17) is 0 Å². The van der Waals surface area contributed by atoms with E-state index in [1.807, 2.05) is 26.4 Å². The van der Waals surface area contributed by atoms with E-state index >= 15 is 0 Å². The van der Waals surface area contributed by atoms with Gasteiger partial charge in [0, 0.05) is 6.20 Å². The topological polar surface area (TPSA) is 12.9 Å². The van der Waals surface area contributed by atoms with Crippen molar-refractivity contribution < 1.29 is 0 Å². The summed E-state index contributed by atoms with van der Waals surface area (Å²) in [6.07, 6.45) is 2.99. The average Bonchev–Trinajstić information content (AvgIpc) is 2.05. The van der Waals surface area contributed by atoms with Crippen LogP contribution in [0.4, 0.5) is 0 Å². The minimum Gasteiger partial charge on any atom is -0.272 e. The number of aryl methyl sites for hydroxylation is 1. The highest BCUT2D eigenvalue weighted by molar-refractivity contribution is 6.50. The Kier molecular flexibility index (Phi) is 2.49. The Morgan fingerprint density at radius 2 is 2.30 bits per heavy atom. The first kappa shape index (κ1) is 7.32. The van der Waals surface area contributed by atoms with E-state index < -0.39 is 0 Å². The number of rotatable bonds is 2. The molecule has 0 amide bonds. The van der Waals surface area contributed by atoms with Crippen LogP contribution in [0.5, 0.6) is 0 Å². The lowest BCUT2D eigenvalue weighted by Crippen LogP contribution is -2.14. The standard InChI is InChI=1S/C8H11BN/c1-3-7-4-5-8(9-2)10-6-7/h4-6H,3H2,1-2H3. The lowest BCUT2D eigenvalue weighted by Gasteiger charge is -1.96. The third-order valence-corrected chi connectivity index (χ3v) is 1.55. The molecule has 0 saturated carbocycles. The van der Waals surface area contributed by atoms with Gasteiger partial charge in [-0.2, -0.15) is 0 Å². The van der Waals surface area contributed by atoms with Crippen LogP contribution in [-0.4, -0.2) is 12.3 Å². The van der Waals surface area contributed by atoms with Gasteiger partial charge in [0.2, 0.25) is 0 Å². The summed E-state index contributed by atoms with van der Waals surface area (Å²) in [5.74, 6) is 0. The number of nitrogens with zero attached hydrogens (tertiary/aromatic N) is 1. The van der Waals surface area contributed by atoms with Crippen molar-refractivity contribution in [3.05, 3.63) is 23.9 Å². The molecule has 0 N–H and O–H groups in total. The van der Waals surface area contributed by atoms with Crippen LogP contribution < -0.4 is 5.59 Å². The zero-order valence-corrected chi connectivity index (χ0v) is 6.46. The monoisotopic (exact) mass is 132 g/mol. The number of aromatic nitrogens is 1. The zero-order chi connectivity index (χ0) is 7.40. The quantitative estimate of drug-likeness (QED) is 0.547. The molecule has 1 rings (SSSR count). The van der Waals surface area contributed by atoms with Crippen molar-refractivity contribution in [2.45, 2.75) is 20.2 Å². The first-order chi connectivity index (χ1) is 4.86. The summed E-state index contributed by atoms with van der Waals surface area (Å²) < 4.78 is 0. The molecule has 10 heavy (non-hydrogen) atoms. The van der Waals surface area contributed by atoms with Gasteiger partial charge in [0.1, 0.15) is 0 Å². The van der Waals surface area contributed by atoms with Gasteiger partial charge in [-0.15, -0.1) is 0 Å². The van der Waals surface area contributed by atoms with Crippen molar-refractivity contribution in [1.82, 2.24) is 4.98 Å². The van der Waals surface area contributed by atoms with Crippen LogP contribution in [0.3, 0.4) is 0 Å². The fourth-order valence-corrected chi connectivity index (χ4v) is 0.816. The predicted octanol–water partition coefficient (Wildman–Crippen LogP) is 1.02. The fourth-order valence-electron chi connectivity index (χ4n) is 0.816. The molecule has 1 radical (unpaired) electrons. The second-order valence-electron chi connectivity index (χ2n) is 2.23. The molecule has 0 bridgehead atoms. The molecule has 0 aromatic carbocycles. The maximum atomic E-state index is 4.21. The third-order valence-electron chi connectivity index (χ3n) is 1.55. The van der Waals surface area contributed by atoms with Gasteiger partial charge >= 0.3 is 0 Å². The minimum atomic E-state index is 1.05. The van der Waals surface area contributed by atoms with Gasteiger partial charge in [-0.3, -0.25) is 4.98 Å². The molecule has 1 heterocycles. The molecule has 51 valence electrons. The van der Waals surface area contributed by atoms with Gasteiger partial charge in [0.15, 0.2) is 7.28 Å². The molecule has 0 aliphatic heterocycles. The second-order valence-corrected chi connectivity index (χ2v) is 2.23. The number of pyridine rings is 1. The normalized spacial score (nSPS) is 9.40. The maximum Gasteiger partial charge on any atom is 0.174 e. The van der Waals surface area contributed by atoms with Gasteiger partial charge in [-0.1, -0.05) is 25.9 Å². The highest BCUT2D eigenvalue weighted by Crippen LogP contribution is 1.93. The molecule has 0 aliphatic carbocycles. The zero-order valence-electron chi connectivity index (χ0n) is 6.46. The first-order valence-corrected chi connectivity index (χ1v) is 3.61. The first-order valence-electron chi connectivity index (χ1n) is 3.61. The molecule has 1 nitrogen and oxygen atoms in total. The van der Waals surface area contributed by atoms with Crippen LogP contribution in [0.25, 0.3) is 0 Å². The number of hydrogen-bond donors (Lipinski definition) is 0. The van der Waals surface area contributed by atoms with E-state index in [1.54, 1.807) is 0 Å². The van der Waals surface area contributed by atoms with Crippen LogP contribution in [0, 0.1) is 0 Å². The van der Waals surface area contributed by atoms with Crippen LogP contribution in [0.15, 0.2) is 18.3 Å². The number of hydrogen-bond acceptors (Lipinski definition) is 1. The van der Waals surface area contributed by atoms with Gasteiger partial charge in [0.25, 0.3) is 0 Å². The van der Waals surface area contributed by atoms with Crippen LogP contribution in [-0.2, 0) is 6.42 Å². The van der Waals surface area contributed by atoms with E-state index in [1.165, 1.54) is 5.56 Å². The summed E-state index contributed by atoms with van der Waals surface area (Å²) in [6.45, 7) is 4.13. The largest absolute Gasteiger partial charge is 0.272 e. The van der Waals surface area contributed by atoms with Crippen molar-refractivity contribution in [3.8, 4) is 0 Å². The highest BCUT2D eigenvalue weighted by Gasteiger charge is 1.90. The second kappa shape index (κ2) is 3.40. The lowest BCUT2D eigenvalue weighted by molar-refractivity contribution is 1.11. The molecule has 2 heteroatoms. The summed E-state index contributed by atoms with van der Waals surface area (Å²) in [7, 11) is 2.00. The Bertz CT molecular complexity index is 170. The summed E-state index contributed by atoms with van der Waals surface area (Å²) in [4.78, 5) is 4.21. The molecule has 0 unspecified atom stereocenters. The molecule has 0 saturated heterocycles. The van der Waals surface area contributed by atoms with Crippen molar-refractivity contribution in [1.29, 1.82) is 0 Å². The Labute approximate surface area is 62.7 Å². The van der Waals surface area contributed by atoms with Crippen molar-refractivity contribution >= 4 is 12.9 Å². The maximum absolute atomic E-state index is 4.21. The van der Waals surface area contributed by atoms with Crippen molar-refractivity contribution in [3.63, 3.8) is 0 Å². The van der Waals surface area contributed by atoms with Crippen molar-refractivity contribution in [2.75, 3.05) is 0 Å². The lowest BCUT2D eigenvalue weighted by atomic mass is 9.77. The molecule has 0 aliphatic rings. The summed E-state index contributed by atoms with van der Waals surface area (Å²) in [6, 6.07) is 4.15. The van der Waals surface area contributed by atoms with Gasteiger partial charge in [-0.25, -0.2) is 0 Å². The molecule has 1 aromatic heterocycles. The Morgan fingerprint density at radius 3 is 2.70 bits per heavy atom. The van der Waals surface area contributed by atoms with E-state index in [-0.39, 0.29) is 0 Å². The smallest absolute Gasteiger partial charge is 0.174 e. The van der Waals surface area contributed by atoms with E-state index in [2.05, 4.69) is 18.0 Å².